The first-order chi connectivity index (χ1) is 11.0. The van der Waals surface area contributed by atoms with E-state index in [1.807, 2.05) is 30.3 Å². The van der Waals surface area contributed by atoms with Crippen LogP contribution < -0.4 is 0 Å². The predicted octanol–water partition coefficient (Wildman–Crippen LogP) is 1.06. The molecule has 3 heterocycles. The van der Waals surface area contributed by atoms with Crippen molar-refractivity contribution in [2.45, 2.75) is 49.2 Å². The Balaban J connectivity index is 1.44. The van der Waals surface area contributed by atoms with Gasteiger partial charge in [0.25, 0.3) is 0 Å². The Kier molecular flexibility index (Phi) is 3.48. The lowest BCUT2D eigenvalue weighted by atomic mass is 9.95. The highest BCUT2D eigenvalue weighted by Gasteiger charge is 2.70. The van der Waals surface area contributed by atoms with E-state index in [1.165, 1.54) is 0 Å². The van der Waals surface area contributed by atoms with Crippen LogP contribution >= 0.6 is 0 Å². The summed E-state index contributed by atoms with van der Waals surface area (Å²) in [5.74, 6) is -0.908. The molecule has 2 bridgehead atoms. The summed E-state index contributed by atoms with van der Waals surface area (Å²) in [5, 5.41) is 9.60. The molecule has 0 aromatic heterocycles. The van der Waals surface area contributed by atoms with Gasteiger partial charge in [-0.05, 0) is 5.56 Å². The van der Waals surface area contributed by atoms with Gasteiger partial charge in [-0.25, -0.2) is 0 Å². The Morgan fingerprint density at radius 1 is 1.26 bits per heavy atom. The summed E-state index contributed by atoms with van der Waals surface area (Å²) >= 11 is 0. The molecule has 3 aliphatic heterocycles. The molecule has 3 unspecified atom stereocenters. The molecule has 0 radical (unpaired) electrons. The second-order valence-electron chi connectivity index (χ2n) is 7.51. The van der Waals surface area contributed by atoms with Crippen molar-refractivity contribution in [3.8, 4) is 0 Å². The highest BCUT2D eigenvalue weighted by molar-refractivity contribution is 5.78. The molecular formula is C18H24NO4+. The van der Waals surface area contributed by atoms with Crippen LogP contribution in [0.5, 0.6) is 0 Å². The fraction of sp³-hybridized carbons (Fsp3) is 0.611. The van der Waals surface area contributed by atoms with Gasteiger partial charge in [-0.2, -0.15) is 0 Å². The molecule has 3 fully saturated rings. The van der Waals surface area contributed by atoms with Gasteiger partial charge in [0, 0.05) is 12.8 Å². The van der Waals surface area contributed by atoms with Crippen molar-refractivity contribution in [2.75, 3.05) is 20.7 Å². The lowest BCUT2D eigenvalue weighted by Crippen LogP contribution is -2.60. The Hall–Kier alpha value is -1.43. The Bertz CT molecular complexity index is 582. The molecule has 23 heavy (non-hydrogen) atoms. The zero-order chi connectivity index (χ0) is 16.2. The van der Waals surface area contributed by atoms with Crippen molar-refractivity contribution in [3.63, 3.8) is 0 Å². The zero-order valence-corrected chi connectivity index (χ0v) is 13.6. The van der Waals surface area contributed by atoms with E-state index < -0.39 is 5.92 Å². The van der Waals surface area contributed by atoms with Crippen LogP contribution in [0.25, 0.3) is 0 Å². The maximum absolute atomic E-state index is 12.5. The predicted molar refractivity (Wildman–Crippen MR) is 83.7 cm³/mol. The van der Waals surface area contributed by atoms with Crippen LogP contribution in [0, 0.1) is 0 Å². The number of benzene rings is 1. The molecule has 1 aromatic carbocycles. The minimum absolute atomic E-state index is 0.0576. The molecule has 1 aromatic rings. The number of hydrogen-bond acceptors (Lipinski definition) is 4. The Morgan fingerprint density at radius 2 is 1.87 bits per heavy atom. The SMILES string of the molecule is C[N+]1(C)[C@@H]2CC(OC(=O)[C@H](CO)c3ccccc3)C[C@H]1C1OC12. The van der Waals surface area contributed by atoms with Gasteiger partial charge in [0.2, 0.25) is 0 Å². The number of ether oxygens (including phenoxy) is 2. The maximum atomic E-state index is 12.5. The number of carbonyl (C=O) groups is 1. The molecule has 0 aliphatic carbocycles. The Morgan fingerprint density at radius 3 is 2.43 bits per heavy atom. The summed E-state index contributed by atoms with van der Waals surface area (Å²) in [4.78, 5) is 12.5. The number of carbonyl (C=O) groups excluding carboxylic acids is 1. The van der Waals surface area contributed by atoms with E-state index in [0.29, 0.717) is 24.3 Å². The summed E-state index contributed by atoms with van der Waals surface area (Å²) in [5.41, 5.74) is 0.807. The lowest BCUT2D eigenvalue weighted by Gasteiger charge is -2.45. The molecule has 124 valence electrons. The van der Waals surface area contributed by atoms with Gasteiger partial charge in [-0.15, -0.1) is 0 Å². The van der Waals surface area contributed by atoms with Crippen molar-refractivity contribution < 1.29 is 23.9 Å². The van der Waals surface area contributed by atoms with E-state index in [0.717, 1.165) is 22.9 Å². The van der Waals surface area contributed by atoms with Gasteiger partial charge in [0.15, 0.2) is 0 Å². The van der Waals surface area contributed by atoms with E-state index in [4.69, 9.17) is 9.47 Å². The second-order valence-corrected chi connectivity index (χ2v) is 7.51. The van der Waals surface area contributed by atoms with E-state index in [2.05, 4.69) is 14.1 Å². The number of likely N-dealkylation sites (N-methyl/N-ethyl adjacent to an activating group) is 1. The molecule has 5 nitrogen and oxygen atoms in total. The van der Waals surface area contributed by atoms with Crippen LogP contribution in [0.1, 0.15) is 24.3 Å². The first-order valence-corrected chi connectivity index (χ1v) is 8.37. The Labute approximate surface area is 136 Å². The number of rotatable bonds is 4. The fourth-order valence-electron chi connectivity index (χ4n) is 4.55. The quantitative estimate of drug-likeness (QED) is 0.512. The van der Waals surface area contributed by atoms with Crippen molar-refractivity contribution in [1.82, 2.24) is 0 Å². The number of aliphatic hydroxyl groups excluding tert-OH is 1. The molecule has 1 N–H and O–H groups in total. The third-order valence-corrected chi connectivity index (χ3v) is 5.99. The number of morpholine rings is 1. The number of fused-ring (bicyclic) bond motifs is 5. The summed E-state index contributed by atoms with van der Waals surface area (Å²) in [6, 6.07) is 10.2. The lowest BCUT2D eigenvalue weighted by molar-refractivity contribution is -0.938. The average molecular weight is 318 g/mol. The van der Waals surface area contributed by atoms with Gasteiger partial charge in [0.05, 0.1) is 20.7 Å². The third-order valence-electron chi connectivity index (χ3n) is 5.99. The van der Waals surface area contributed by atoms with Crippen LogP contribution in [0.15, 0.2) is 30.3 Å². The molecule has 4 rings (SSSR count). The van der Waals surface area contributed by atoms with Crippen LogP contribution in [0.2, 0.25) is 0 Å². The van der Waals surface area contributed by atoms with Crippen molar-refractivity contribution in [3.05, 3.63) is 35.9 Å². The largest absolute Gasteiger partial charge is 0.461 e. The molecule has 3 saturated heterocycles. The number of esters is 1. The van der Waals surface area contributed by atoms with Crippen LogP contribution in [0.4, 0.5) is 0 Å². The van der Waals surface area contributed by atoms with Gasteiger partial charge in [-0.3, -0.25) is 4.79 Å². The number of hydrogen-bond donors (Lipinski definition) is 1. The second kappa shape index (κ2) is 5.30. The van der Waals surface area contributed by atoms with Gasteiger partial charge in [0.1, 0.15) is 36.3 Å². The van der Waals surface area contributed by atoms with Crippen LogP contribution in [-0.4, -0.2) is 66.7 Å². The van der Waals surface area contributed by atoms with Crippen molar-refractivity contribution in [2.24, 2.45) is 0 Å². The number of piperidine rings is 1. The number of quaternary nitrogens is 1. The summed E-state index contributed by atoms with van der Waals surface area (Å²) < 4.78 is 12.5. The smallest absolute Gasteiger partial charge is 0.316 e. The highest BCUT2D eigenvalue weighted by Crippen LogP contribution is 2.51. The number of nitrogens with zero attached hydrogens (tertiary/aromatic N) is 1. The van der Waals surface area contributed by atoms with Gasteiger partial charge < -0.3 is 19.1 Å². The molecule has 3 aliphatic rings. The van der Waals surface area contributed by atoms with E-state index >= 15 is 0 Å². The molecular weight excluding hydrogens is 294 g/mol. The highest BCUT2D eigenvalue weighted by atomic mass is 16.6. The van der Waals surface area contributed by atoms with Crippen molar-refractivity contribution in [1.29, 1.82) is 0 Å². The minimum atomic E-state index is -0.593. The maximum Gasteiger partial charge on any atom is 0.316 e. The summed E-state index contributed by atoms with van der Waals surface area (Å²) in [7, 11) is 4.51. The number of epoxide rings is 1. The third kappa shape index (κ3) is 2.38. The number of aliphatic hydroxyl groups is 1. The van der Waals surface area contributed by atoms with Gasteiger partial charge >= 0.3 is 5.97 Å². The standard InChI is InChI=1S/C18H24NO4/c1-19(2)14-8-12(9-15(19)17-16(14)23-17)22-18(21)13(10-20)11-6-4-3-5-7-11/h3-7,12-17,20H,8-10H2,1-2H3/q+1/t12?,13-,14-,15+,16?,17?/m1/s1. The molecule has 5 heteroatoms. The van der Waals surface area contributed by atoms with E-state index in [1.54, 1.807) is 0 Å². The zero-order valence-electron chi connectivity index (χ0n) is 13.6. The van der Waals surface area contributed by atoms with Crippen LogP contribution in [-0.2, 0) is 14.3 Å². The minimum Gasteiger partial charge on any atom is -0.461 e. The summed E-state index contributed by atoms with van der Waals surface area (Å²) in [6.45, 7) is -0.224. The molecule has 0 spiro atoms. The average Bonchev–Trinajstić information content (AvgIpc) is 3.27. The van der Waals surface area contributed by atoms with Crippen molar-refractivity contribution >= 4 is 5.97 Å². The fourth-order valence-corrected chi connectivity index (χ4v) is 4.55. The van der Waals surface area contributed by atoms with E-state index in [-0.39, 0.29) is 18.7 Å². The topological polar surface area (TPSA) is 59.1 Å². The monoisotopic (exact) mass is 318 g/mol. The molecule has 0 amide bonds. The molecule has 6 atom stereocenters. The van der Waals surface area contributed by atoms with Crippen LogP contribution in [0.3, 0.4) is 0 Å². The summed E-state index contributed by atoms with van der Waals surface area (Å²) in [6.07, 6.45) is 2.34. The van der Waals surface area contributed by atoms with Gasteiger partial charge in [-0.1, -0.05) is 30.3 Å². The normalized spacial score (nSPS) is 37.8. The first-order valence-electron chi connectivity index (χ1n) is 8.37. The first kappa shape index (κ1) is 15.1. The van der Waals surface area contributed by atoms with E-state index in [9.17, 15) is 9.90 Å². The molecule has 0 saturated carbocycles.